The fourth-order valence-electron chi connectivity index (χ4n) is 4.14. The van der Waals surface area contributed by atoms with E-state index in [2.05, 4.69) is 0 Å². The number of methoxy groups -OCH3 is 1. The Labute approximate surface area is 199 Å². The lowest BCUT2D eigenvalue weighted by molar-refractivity contribution is -0.148. The van der Waals surface area contributed by atoms with Crippen molar-refractivity contribution < 1.29 is 32.2 Å². The van der Waals surface area contributed by atoms with E-state index in [4.69, 9.17) is 14.2 Å². The Balaban J connectivity index is 1.47. The number of fused-ring (bicyclic) bond motifs is 1. The summed E-state index contributed by atoms with van der Waals surface area (Å²) in [5.74, 6) is -0.124. The van der Waals surface area contributed by atoms with Crippen molar-refractivity contribution in [3.05, 3.63) is 48.0 Å². The molecule has 2 heterocycles. The van der Waals surface area contributed by atoms with Gasteiger partial charge in [0.1, 0.15) is 11.5 Å². The highest BCUT2D eigenvalue weighted by atomic mass is 32.2. The second kappa shape index (κ2) is 10.0. The van der Waals surface area contributed by atoms with Crippen LogP contribution in [0.25, 0.3) is 0 Å². The van der Waals surface area contributed by atoms with Crippen LogP contribution in [0.15, 0.2) is 47.4 Å². The van der Waals surface area contributed by atoms with Crippen LogP contribution in [0.4, 0.5) is 5.69 Å². The van der Waals surface area contributed by atoms with Crippen LogP contribution in [-0.4, -0.2) is 64.1 Å². The van der Waals surface area contributed by atoms with Crippen LogP contribution in [0.5, 0.6) is 11.5 Å². The molecule has 0 unspecified atom stereocenters. The molecule has 182 valence electrons. The first-order chi connectivity index (χ1) is 16.3. The number of esters is 1. The Bertz CT molecular complexity index is 1180. The van der Waals surface area contributed by atoms with Gasteiger partial charge in [-0.2, -0.15) is 4.31 Å². The molecule has 0 bridgehead atoms. The van der Waals surface area contributed by atoms with Crippen molar-refractivity contribution in [2.45, 2.75) is 37.2 Å². The maximum atomic E-state index is 13.0. The minimum Gasteiger partial charge on any atom is -0.483 e. The predicted molar refractivity (Wildman–Crippen MR) is 125 cm³/mol. The smallest absolute Gasteiger partial charge is 0.348 e. The van der Waals surface area contributed by atoms with E-state index in [1.54, 1.807) is 43.3 Å². The van der Waals surface area contributed by atoms with Gasteiger partial charge in [-0.3, -0.25) is 4.79 Å². The Hall–Kier alpha value is -3.11. The van der Waals surface area contributed by atoms with E-state index in [9.17, 15) is 18.0 Å². The lowest BCUT2D eigenvalue weighted by Crippen LogP contribution is -2.48. The zero-order chi connectivity index (χ0) is 24.3. The number of rotatable bonds is 6. The van der Waals surface area contributed by atoms with Crippen LogP contribution in [0.2, 0.25) is 0 Å². The molecule has 2 aromatic rings. The molecule has 0 saturated carbocycles. The molecule has 1 saturated heterocycles. The van der Waals surface area contributed by atoms with Gasteiger partial charge in [-0.1, -0.05) is 18.6 Å². The van der Waals surface area contributed by atoms with Crippen molar-refractivity contribution in [3.8, 4) is 11.5 Å². The minimum atomic E-state index is -3.56. The number of aryl methyl sites for hydroxylation is 1. The number of hydrogen-bond donors (Lipinski definition) is 0. The first-order valence-electron chi connectivity index (χ1n) is 11.2. The number of anilines is 1. The predicted octanol–water partition coefficient (Wildman–Crippen LogP) is 2.52. The molecule has 0 N–H and O–H groups in total. The van der Waals surface area contributed by atoms with E-state index < -0.39 is 22.1 Å². The fourth-order valence-corrected chi connectivity index (χ4v) is 5.74. The highest BCUT2D eigenvalue weighted by Gasteiger charge is 2.34. The van der Waals surface area contributed by atoms with Gasteiger partial charge in [-0.25, -0.2) is 13.2 Å². The summed E-state index contributed by atoms with van der Waals surface area (Å²) >= 11 is 0. The van der Waals surface area contributed by atoms with Crippen LogP contribution in [0, 0.1) is 6.92 Å². The molecule has 2 aromatic carbocycles. The first kappa shape index (κ1) is 24.0. The molecule has 0 aromatic heterocycles. The number of hydrogen-bond acceptors (Lipinski definition) is 7. The number of carbonyl (C=O) groups is 2. The molecule has 1 atom stereocenters. The van der Waals surface area contributed by atoms with Gasteiger partial charge in [0.2, 0.25) is 16.1 Å². The molecule has 1 amide bonds. The lowest BCUT2D eigenvalue weighted by Gasteiger charge is -2.33. The topological polar surface area (TPSA) is 102 Å². The van der Waals surface area contributed by atoms with E-state index in [1.807, 2.05) is 0 Å². The molecule has 34 heavy (non-hydrogen) atoms. The van der Waals surface area contributed by atoms with Gasteiger partial charge in [-0.05, 0) is 55.7 Å². The third kappa shape index (κ3) is 4.88. The molecule has 4 rings (SSSR count). The van der Waals surface area contributed by atoms with Crippen LogP contribution in [-0.2, 0) is 24.3 Å². The van der Waals surface area contributed by atoms with E-state index >= 15 is 0 Å². The van der Waals surface area contributed by atoms with Gasteiger partial charge >= 0.3 is 5.97 Å². The number of amides is 1. The molecule has 0 spiro atoms. The zero-order valence-corrected chi connectivity index (χ0v) is 20.0. The van der Waals surface area contributed by atoms with Crippen molar-refractivity contribution in [1.82, 2.24) is 4.31 Å². The molecule has 0 aliphatic carbocycles. The summed E-state index contributed by atoms with van der Waals surface area (Å²) in [4.78, 5) is 26.7. The van der Waals surface area contributed by atoms with E-state index in [-0.39, 0.29) is 24.0 Å². The number of benzene rings is 2. The Morgan fingerprint density at radius 3 is 2.53 bits per heavy atom. The third-order valence-corrected chi connectivity index (χ3v) is 7.88. The summed E-state index contributed by atoms with van der Waals surface area (Å²) < 4.78 is 43.6. The number of carbonyl (C=O) groups excluding carboxylic acids is 2. The normalized spacial score (nSPS) is 18.5. The van der Waals surface area contributed by atoms with Gasteiger partial charge < -0.3 is 19.1 Å². The van der Waals surface area contributed by atoms with Crippen molar-refractivity contribution >= 4 is 27.6 Å². The maximum absolute atomic E-state index is 13.0. The van der Waals surface area contributed by atoms with Gasteiger partial charge in [0.15, 0.2) is 6.61 Å². The number of sulfonamides is 1. The third-order valence-electron chi connectivity index (χ3n) is 5.99. The number of ether oxygens (including phenoxy) is 3. The average Bonchev–Trinajstić information content (AvgIpc) is 2.87. The second-order valence-electron chi connectivity index (χ2n) is 8.28. The van der Waals surface area contributed by atoms with Gasteiger partial charge in [-0.15, -0.1) is 0 Å². The largest absolute Gasteiger partial charge is 0.483 e. The maximum Gasteiger partial charge on any atom is 0.348 e. The molecule has 2 aliphatic heterocycles. The highest BCUT2D eigenvalue weighted by Crippen LogP contribution is 2.33. The van der Waals surface area contributed by atoms with Crippen LogP contribution >= 0.6 is 0 Å². The highest BCUT2D eigenvalue weighted by molar-refractivity contribution is 7.89. The van der Waals surface area contributed by atoms with Crippen molar-refractivity contribution in [2.24, 2.45) is 0 Å². The molecular formula is C24H28N2O7S. The Morgan fingerprint density at radius 1 is 1.09 bits per heavy atom. The van der Waals surface area contributed by atoms with E-state index in [0.29, 0.717) is 35.8 Å². The Kier molecular flexibility index (Phi) is 7.08. The number of para-hydroxylation sites is 2. The Morgan fingerprint density at radius 2 is 1.82 bits per heavy atom. The molecule has 9 nitrogen and oxygen atoms in total. The van der Waals surface area contributed by atoms with Crippen LogP contribution in [0.1, 0.15) is 24.8 Å². The van der Waals surface area contributed by atoms with Gasteiger partial charge in [0, 0.05) is 13.1 Å². The van der Waals surface area contributed by atoms with E-state index in [0.717, 1.165) is 19.3 Å². The molecule has 1 fully saturated rings. The van der Waals surface area contributed by atoms with Gasteiger partial charge in [0.05, 0.1) is 24.2 Å². The van der Waals surface area contributed by atoms with Crippen LogP contribution in [0.3, 0.4) is 0 Å². The second-order valence-corrected chi connectivity index (χ2v) is 10.2. The molecule has 10 heteroatoms. The average molecular weight is 489 g/mol. The number of piperidine rings is 1. The first-order valence-corrected chi connectivity index (χ1v) is 12.6. The summed E-state index contributed by atoms with van der Waals surface area (Å²) in [6.07, 6.45) is 1.83. The van der Waals surface area contributed by atoms with E-state index in [1.165, 1.54) is 22.4 Å². The summed E-state index contributed by atoms with van der Waals surface area (Å²) in [5, 5.41) is 0. The fraction of sp³-hybridized carbons (Fsp3) is 0.417. The zero-order valence-electron chi connectivity index (χ0n) is 19.2. The van der Waals surface area contributed by atoms with Crippen molar-refractivity contribution in [2.75, 3.05) is 38.3 Å². The number of nitrogens with zero attached hydrogens (tertiary/aromatic N) is 2. The summed E-state index contributed by atoms with van der Waals surface area (Å²) in [6, 6.07) is 11.6. The molecule has 2 aliphatic rings. The summed E-state index contributed by atoms with van der Waals surface area (Å²) in [6.45, 7) is 2.51. The van der Waals surface area contributed by atoms with Crippen molar-refractivity contribution in [3.63, 3.8) is 0 Å². The SMILES string of the molecule is COC(=O)[C@H]1CN(C(=O)COc2ccc(S(=O)(=O)N3CCCCC3)cc2C)c2ccccc2O1. The standard InChI is InChI=1S/C24H28N2O7S/c1-17-14-18(34(29,30)25-12-6-3-7-13-25)10-11-20(17)32-16-23(27)26-15-22(24(28)31-2)33-21-9-5-4-8-19(21)26/h4-5,8-11,14,22H,3,6-7,12-13,15-16H2,1-2H3/t22-/m1/s1. The van der Waals surface area contributed by atoms with Crippen LogP contribution < -0.4 is 14.4 Å². The monoisotopic (exact) mass is 488 g/mol. The van der Waals surface area contributed by atoms with Gasteiger partial charge in [0.25, 0.3) is 5.91 Å². The summed E-state index contributed by atoms with van der Waals surface area (Å²) in [5.41, 5.74) is 1.15. The molecular weight excluding hydrogens is 460 g/mol. The summed E-state index contributed by atoms with van der Waals surface area (Å²) in [7, 11) is -2.29. The quantitative estimate of drug-likeness (QED) is 0.576. The van der Waals surface area contributed by atoms with Crippen molar-refractivity contribution in [1.29, 1.82) is 0 Å². The minimum absolute atomic E-state index is 0.00210. The molecule has 0 radical (unpaired) electrons. The lowest BCUT2D eigenvalue weighted by atomic mass is 10.2.